The number of hydrogen-bond acceptors (Lipinski definition) is 2. The monoisotopic (exact) mass is 267 g/mol. The standard InChI is InChI=1S/C15H22ClNO/c1-10-7-8-12(9-13(10)16)14(17)15(18)11-5-3-2-4-6-11/h7-9,11,14-15,18H,2-6,17H2,1H3/t14-,15+/m0/s1. The summed E-state index contributed by atoms with van der Waals surface area (Å²) in [4.78, 5) is 0. The van der Waals surface area contributed by atoms with Gasteiger partial charge in [0.05, 0.1) is 12.1 Å². The second kappa shape index (κ2) is 6.05. The van der Waals surface area contributed by atoms with Crippen LogP contribution >= 0.6 is 11.6 Å². The normalized spacial score (nSPS) is 20.7. The van der Waals surface area contributed by atoms with Gasteiger partial charge in [0.25, 0.3) is 0 Å². The molecule has 0 heterocycles. The molecule has 0 bridgehead atoms. The van der Waals surface area contributed by atoms with Gasteiger partial charge in [-0.25, -0.2) is 0 Å². The summed E-state index contributed by atoms with van der Waals surface area (Å²) < 4.78 is 0. The zero-order valence-electron chi connectivity index (χ0n) is 10.9. The van der Waals surface area contributed by atoms with E-state index in [1.807, 2.05) is 25.1 Å². The highest BCUT2D eigenvalue weighted by molar-refractivity contribution is 6.31. The Bertz CT molecular complexity index is 401. The van der Waals surface area contributed by atoms with E-state index in [9.17, 15) is 5.11 Å². The van der Waals surface area contributed by atoms with E-state index < -0.39 is 6.10 Å². The van der Waals surface area contributed by atoms with Crippen molar-refractivity contribution < 1.29 is 5.11 Å². The molecule has 100 valence electrons. The first kappa shape index (κ1) is 13.9. The number of aryl methyl sites for hydroxylation is 1. The van der Waals surface area contributed by atoms with E-state index in [0.29, 0.717) is 5.92 Å². The average Bonchev–Trinajstić information content (AvgIpc) is 2.41. The third kappa shape index (κ3) is 3.05. The van der Waals surface area contributed by atoms with Crippen molar-refractivity contribution in [1.29, 1.82) is 0 Å². The van der Waals surface area contributed by atoms with Gasteiger partial charge in [0.2, 0.25) is 0 Å². The van der Waals surface area contributed by atoms with Gasteiger partial charge in [-0.05, 0) is 42.9 Å². The SMILES string of the molecule is Cc1ccc([C@H](N)[C@H](O)C2CCCCC2)cc1Cl. The highest BCUT2D eigenvalue weighted by atomic mass is 35.5. The van der Waals surface area contributed by atoms with Gasteiger partial charge in [-0.1, -0.05) is 43.0 Å². The molecule has 2 atom stereocenters. The van der Waals surface area contributed by atoms with Gasteiger partial charge in [0, 0.05) is 5.02 Å². The highest BCUT2D eigenvalue weighted by Crippen LogP contribution is 2.32. The maximum absolute atomic E-state index is 10.4. The zero-order chi connectivity index (χ0) is 13.1. The van der Waals surface area contributed by atoms with E-state index in [4.69, 9.17) is 17.3 Å². The van der Waals surface area contributed by atoms with Crippen molar-refractivity contribution in [2.45, 2.75) is 51.2 Å². The molecule has 3 N–H and O–H groups in total. The predicted molar refractivity (Wildman–Crippen MR) is 75.7 cm³/mol. The van der Waals surface area contributed by atoms with E-state index in [-0.39, 0.29) is 6.04 Å². The first-order chi connectivity index (χ1) is 8.59. The number of halogens is 1. The number of nitrogens with two attached hydrogens (primary N) is 1. The second-order valence-corrected chi connectivity index (χ2v) is 5.83. The van der Waals surface area contributed by atoms with Crippen LogP contribution < -0.4 is 5.73 Å². The van der Waals surface area contributed by atoms with Crippen molar-refractivity contribution in [2.24, 2.45) is 11.7 Å². The summed E-state index contributed by atoms with van der Waals surface area (Å²) in [6.45, 7) is 1.97. The molecular weight excluding hydrogens is 246 g/mol. The van der Waals surface area contributed by atoms with Gasteiger partial charge in [-0.3, -0.25) is 0 Å². The van der Waals surface area contributed by atoms with Crippen LogP contribution in [0.25, 0.3) is 0 Å². The molecule has 1 aromatic rings. The quantitative estimate of drug-likeness (QED) is 0.879. The molecule has 1 aromatic carbocycles. The minimum Gasteiger partial charge on any atom is -0.391 e. The summed E-state index contributed by atoms with van der Waals surface area (Å²) in [5.74, 6) is 0.342. The van der Waals surface area contributed by atoms with Crippen LogP contribution in [0.2, 0.25) is 5.02 Å². The van der Waals surface area contributed by atoms with Gasteiger partial charge in [-0.2, -0.15) is 0 Å². The molecule has 0 spiro atoms. The van der Waals surface area contributed by atoms with Crippen molar-refractivity contribution in [3.8, 4) is 0 Å². The largest absolute Gasteiger partial charge is 0.391 e. The Kier molecular flexibility index (Phi) is 4.66. The van der Waals surface area contributed by atoms with E-state index in [1.54, 1.807) is 0 Å². The molecule has 1 aliphatic rings. The number of aliphatic hydroxyl groups excluding tert-OH is 1. The lowest BCUT2D eigenvalue weighted by molar-refractivity contribution is 0.0618. The van der Waals surface area contributed by atoms with E-state index in [1.165, 1.54) is 19.3 Å². The van der Waals surface area contributed by atoms with Crippen LogP contribution in [0.1, 0.15) is 49.3 Å². The first-order valence-corrected chi connectivity index (χ1v) is 7.17. The maximum atomic E-state index is 10.4. The third-order valence-electron chi connectivity index (χ3n) is 4.08. The van der Waals surface area contributed by atoms with Gasteiger partial charge in [0.1, 0.15) is 0 Å². The summed E-state index contributed by atoms with van der Waals surface area (Å²) in [7, 11) is 0. The molecule has 1 fully saturated rings. The molecule has 1 aliphatic carbocycles. The fourth-order valence-corrected chi connectivity index (χ4v) is 2.97. The van der Waals surface area contributed by atoms with E-state index >= 15 is 0 Å². The molecule has 2 nitrogen and oxygen atoms in total. The number of aliphatic hydroxyl groups is 1. The number of hydrogen-bond donors (Lipinski definition) is 2. The van der Waals surface area contributed by atoms with Crippen LogP contribution in [0.3, 0.4) is 0 Å². The number of rotatable bonds is 3. The molecule has 0 aliphatic heterocycles. The van der Waals surface area contributed by atoms with Crippen LogP contribution in [-0.2, 0) is 0 Å². The minimum absolute atomic E-state index is 0.328. The number of benzene rings is 1. The van der Waals surface area contributed by atoms with Gasteiger partial charge in [-0.15, -0.1) is 0 Å². The van der Waals surface area contributed by atoms with Gasteiger partial charge < -0.3 is 10.8 Å². The van der Waals surface area contributed by atoms with Crippen LogP contribution in [0.5, 0.6) is 0 Å². The lowest BCUT2D eigenvalue weighted by atomic mass is 9.81. The molecule has 0 saturated heterocycles. The molecule has 3 heteroatoms. The molecular formula is C15H22ClNO. The topological polar surface area (TPSA) is 46.2 Å². The van der Waals surface area contributed by atoms with Crippen LogP contribution in [0.15, 0.2) is 18.2 Å². The van der Waals surface area contributed by atoms with E-state index in [2.05, 4.69) is 0 Å². The van der Waals surface area contributed by atoms with Crippen molar-refractivity contribution in [2.75, 3.05) is 0 Å². The van der Waals surface area contributed by atoms with Crippen molar-refractivity contribution in [3.63, 3.8) is 0 Å². The molecule has 0 unspecified atom stereocenters. The van der Waals surface area contributed by atoms with Gasteiger partial charge >= 0.3 is 0 Å². The fourth-order valence-electron chi connectivity index (χ4n) is 2.78. The highest BCUT2D eigenvalue weighted by Gasteiger charge is 2.27. The Morgan fingerprint density at radius 1 is 1.28 bits per heavy atom. The Hall–Kier alpha value is -0.570. The predicted octanol–water partition coefficient (Wildman–Crippen LogP) is 3.59. The molecule has 18 heavy (non-hydrogen) atoms. The van der Waals surface area contributed by atoms with Crippen LogP contribution in [0, 0.1) is 12.8 Å². The summed E-state index contributed by atoms with van der Waals surface area (Å²) in [5.41, 5.74) is 8.16. The van der Waals surface area contributed by atoms with Crippen molar-refractivity contribution in [1.82, 2.24) is 0 Å². The van der Waals surface area contributed by atoms with Crippen molar-refractivity contribution >= 4 is 11.6 Å². The lowest BCUT2D eigenvalue weighted by Crippen LogP contribution is -2.34. The Labute approximate surface area is 114 Å². The molecule has 1 saturated carbocycles. The first-order valence-electron chi connectivity index (χ1n) is 6.79. The van der Waals surface area contributed by atoms with Gasteiger partial charge in [0.15, 0.2) is 0 Å². The fraction of sp³-hybridized carbons (Fsp3) is 0.600. The maximum Gasteiger partial charge on any atom is 0.0760 e. The smallest absolute Gasteiger partial charge is 0.0760 e. The molecule has 2 rings (SSSR count). The van der Waals surface area contributed by atoms with Crippen molar-refractivity contribution in [3.05, 3.63) is 34.3 Å². The molecule has 0 aromatic heterocycles. The Morgan fingerprint density at radius 2 is 1.94 bits per heavy atom. The van der Waals surface area contributed by atoms with Crippen LogP contribution in [0.4, 0.5) is 0 Å². The third-order valence-corrected chi connectivity index (χ3v) is 4.49. The van der Waals surface area contributed by atoms with Crippen LogP contribution in [-0.4, -0.2) is 11.2 Å². The zero-order valence-corrected chi connectivity index (χ0v) is 11.7. The summed E-state index contributed by atoms with van der Waals surface area (Å²) in [6.07, 6.45) is 5.44. The summed E-state index contributed by atoms with van der Waals surface area (Å²) in [6, 6.07) is 5.49. The second-order valence-electron chi connectivity index (χ2n) is 5.42. The van der Waals surface area contributed by atoms with E-state index in [0.717, 1.165) is 29.0 Å². The lowest BCUT2D eigenvalue weighted by Gasteiger charge is -2.30. The summed E-state index contributed by atoms with van der Waals surface area (Å²) >= 11 is 6.11. The Morgan fingerprint density at radius 3 is 2.56 bits per heavy atom. The minimum atomic E-state index is -0.455. The summed E-state index contributed by atoms with van der Waals surface area (Å²) in [5, 5.41) is 11.1. The molecule has 0 amide bonds. The average molecular weight is 268 g/mol. The Balaban J connectivity index is 2.09. The molecule has 0 radical (unpaired) electrons.